The standard InChI is InChI=1S/C12H22N2O3S/c1-4-8-18-9-6-13-12(17)14(10(2)3)7-5-11(15)16/h4,10H,1,5-9H2,2-3H3,(H,13,17)(H,15,16). The Morgan fingerprint density at radius 1 is 1.50 bits per heavy atom. The molecule has 0 radical (unpaired) electrons. The lowest BCUT2D eigenvalue weighted by Crippen LogP contribution is -2.45. The molecule has 0 bridgehead atoms. The highest BCUT2D eigenvalue weighted by molar-refractivity contribution is 7.99. The van der Waals surface area contributed by atoms with Crippen LogP contribution >= 0.6 is 11.8 Å². The number of nitrogens with zero attached hydrogens (tertiary/aromatic N) is 1. The molecule has 5 nitrogen and oxygen atoms in total. The lowest BCUT2D eigenvalue weighted by Gasteiger charge is -2.26. The van der Waals surface area contributed by atoms with Crippen molar-refractivity contribution in [3.05, 3.63) is 12.7 Å². The van der Waals surface area contributed by atoms with Crippen LogP contribution < -0.4 is 5.32 Å². The number of carboxylic acid groups (broad SMARTS) is 1. The van der Waals surface area contributed by atoms with E-state index in [0.29, 0.717) is 6.54 Å². The van der Waals surface area contributed by atoms with Gasteiger partial charge in [0.25, 0.3) is 0 Å². The second-order valence-electron chi connectivity index (χ2n) is 4.03. The SMILES string of the molecule is C=CCSCCNC(=O)N(CCC(=O)O)C(C)C. The lowest BCUT2D eigenvalue weighted by molar-refractivity contribution is -0.137. The summed E-state index contributed by atoms with van der Waals surface area (Å²) in [5.74, 6) is 0.792. The molecule has 0 saturated heterocycles. The fourth-order valence-electron chi connectivity index (χ4n) is 1.31. The van der Waals surface area contributed by atoms with Crippen LogP contribution in [0.25, 0.3) is 0 Å². The summed E-state index contributed by atoms with van der Waals surface area (Å²) in [5, 5.41) is 11.4. The molecule has 0 aliphatic rings. The van der Waals surface area contributed by atoms with E-state index in [1.165, 1.54) is 4.90 Å². The molecule has 0 rings (SSSR count). The Morgan fingerprint density at radius 3 is 2.67 bits per heavy atom. The molecule has 0 fully saturated rings. The second kappa shape index (κ2) is 9.82. The number of urea groups is 1. The summed E-state index contributed by atoms with van der Waals surface area (Å²) >= 11 is 1.69. The molecule has 18 heavy (non-hydrogen) atoms. The van der Waals surface area contributed by atoms with Crippen LogP contribution in [0.5, 0.6) is 0 Å². The first kappa shape index (κ1) is 16.8. The van der Waals surface area contributed by atoms with E-state index in [0.717, 1.165) is 11.5 Å². The summed E-state index contributed by atoms with van der Waals surface area (Å²) in [7, 11) is 0. The Balaban J connectivity index is 3.98. The van der Waals surface area contributed by atoms with Crippen molar-refractivity contribution in [1.29, 1.82) is 0 Å². The van der Waals surface area contributed by atoms with E-state index in [-0.39, 0.29) is 25.0 Å². The number of aliphatic carboxylic acids is 1. The van der Waals surface area contributed by atoms with E-state index in [2.05, 4.69) is 11.9 Å². The van der Waals surface area contributed by atoms with Crippen LogP contribution in [-0.4, -0.2) is 52.6 Å². The van der Waals surface area contributed by atoms with Gasteiger partial charge in [-0.05, 0) is 13.8 Å². The topological polar surface area (TPSA) is 69.6 Å². The van der Waals surface area contributed by atoms with Gasteiger partial charge in [-0.1, -0.05) is 6.08 Å². The number of thioether (sulfide) groups is 1. The van der Waals surface area contributed by atoms with Gasteiger partial charge in [0, 0.05) is 30.6 Å². The predicted octanol–water partition coefficient (Wildman–Crippen LogP) is 1.80. The fourth-order valence-corrected chi connectivity index (χ4v) is 1.89. The average molecular weight is 274 g/mol. The zero-order valence-electron chi connectivity index (χ0n) is 11.0. The first-order valence-corrected chi connectivity index (χ1v) is 7.09. The lowest BCUT2D eigenvalue weighted by atomic mass is 10.3. The number of carbonyl (C=O) groups excluding carboxylic acids is 1. The van der Waals surface area contributed by atoms with Gasteiger partial charge in [0.15, 0.2) is 0 Å². The largest absolute Gasteiger partial charge is 0.481 e. The van der Waals surface area contributed by atoms with Crippen molar-refractivity contribution >= 4 is 23.8 Å². The first-order chi connectivity index (χ1) is 8.49. The van der Waals surface area contributed by atoms with Gasteiger partial charge < -0.3 is 15.3 Å². The zero-order chi connectivity index (χ0) is 14.0. The van der Waals surface area contributed by atoms with Gasteiger partial charge in [0.1, 0.15) is 0 Å². The Hall–Kier alpha value is -1.17. The zero-order valence-corrected chi connectivity index (χ0v) is 11.8. The number of hydrogen-bond donors (Lipinski definition) is 2. The Morgan fingerprint density at radius 2 is 2.17 bits per heavy atom. The highest BCUT2D eigenvalue weighted by Gasteiger charge is 2.17. The molecule has 2 amide bonds. The van der Waals surface area contributed by atoms with Crippen LogP contribution in [0.15, 0.2) is 12.7 Å². The predicted molar refractivity (Wildman–Crippen MR) is 75.0 cm³/mol. The molecule has 0 spiro atoms. The van der Waals surface area contributed by atoms with Gasteiger partial charge in [0.2, 0.25) is 0 Å². The van der Waals surface area contributed by atoms with Crippen molar-refractivity contribution in [3.8, 4) is 0 Å². The molecule has 2 N–H and O–H groups in total. The van der Waals surface area contributed by atoms with Crippen molar-refractivity contribution < 1.29 is 14.7 Å². The summed E-state index contributed by atoms with van der Waals surface area (Å²) in [6.45, 7) is 8.16. The van der Waals surface area contributed by atoms with Crippen molar-refractivity contribution in [2.24, 2.45) is 0 Å². The molecule has 0 aromatic carbocycles. The number of nitrogens with one attached hydrogen (secondary N) is 1. The number of hydrogen-bond acceptors (Lipinski definition) is 3. The average Bonchev–Trinajstić information content (AvgIpc) is 2.28. The van der Waals surface area contributed by atoms with E-state index in [1.54, 1.807) is 11.8 Å². The first-order valence-electron chi connectivity index (χ1n) is 5.94. The van der Waals surface area contributed by atoms with Gasteiger partial charge in [-0.25, -0.2) is 4.79 Å². The molecule has 0 aliphatic carbocycles. The van der Waals surface area contributed by atoms with Gasteiger partial charge in [-0.15, -0.1) is 6.58 Å². The maximum absolute atomic E-state index is 11.8. The molecule has 0 aromatic rings. The maximum Gasteiger partial charge on any atom is 0.317 e. The third-order valence-electron chi connectivity index (χ3n) is 2.21. The summed E-state index contributed by atoms with van der Waals surface area (Å²) in [4.78, 5) is 23.9. The molecular weight excluding hydrogens is 252 g/mol. The Bertz CT molecular complexity index is 282. The van der Waals surface area contributed by atoms with Crippen LogP contribution in [0, 0.1) is 0 Å². The molecule has 0 aliphatic heterocycles. The molecule has 0 heterocycles. The summed E-state index contributed by atoms with van der Waals surface area (Å²) in [6, 6.07) is -0.212. The summed E-state index contributed by atoms with van der Waals surface area (Å²) in [5.41, 5.74) is 0. The smallest absolute Gasteiger partial charge is 0.317 e. The van der Waals surface area contributed by atoms with Crippen LogP contribution in [0.1, 0.15) is 20.3 Å². The van der Waals surface area contributed by atoms with Crippen LogP contribution in [0.2, 0.25) is 0 Å². The molecule has 0 unspecified atom stereocenters. The monoisotopic (exact) mass is 274 g/mol. The Kier molecular flexibility index (Phi) is 9.18. The third-order valence-corrected chi connectivity index (χ3v) is 3.17. The molecule has 0 aromatic heterocycles. The van der Waals surface area contributed by atoms with E-state index in [9.17, 15) is 9.59 Å². The highest BCUT2D eigenvalue weighted by Crippen LogP contribution is 2.02. The minimum atomic E-state index is -0.894. The summed E-state index contributed by atoms with van der Waals surface area (Å²) in [6.07, 6.45) is 1.79. The van der Waals surface area contributed by atoms with Crippen molar-refractivity contribution in [3.63, 3.8) is 0 Å². The van der Waals surface area contributed by atoms with Crippen LogP contribution in [0.3, 0.4) is 0 Å². The van der Waals surface area contributed by atoms with Gasteiger partial charge >= 0.3 is 12.0 Å². The fraction of sp³-hybridized carbons (Fsp3) is 0.667. The van der Waals surface area contributed by atoms with E-state index >= 15 is 0 Å². The molecule has 0 saturated carbocycles. The van der Waals surface area contributed by atoms with Crippen molar-refractivity contribution in [2.45, 2.75) is 26.3 Å². The van der Waals surface area contributed by atoms with Crippen LogP contribution in [0.4, 0.5) is 4.79 Å². The maximum atomic E-state index is 11.8. The van der Waals surface area contributed by atoms with Gasteiger partial charge in [-0.3, -0.25) is 4.79 Å². The van der Waals surface area contributed by atoms with Gasteiger partial charge in [0.05, 0.1) is 6.42 Å². The van der Waals surface area contributed by atoms with Crippen molar-refractivity contribution in [2.75, 3.05) is 24.6 Å². The number of rotatable bonds is 9. The second-order valence-corrected chi connectivity index (χ2v) is 5.18. The van der Waals surface area contributed by atoms with E-state index in [1.807, 2.05) is 19.9 Å². The number of amides is 2. The molecular formula is C12H22N2O3S. The Labute approximate surface area is 113 Å². The highest BCUT2D eigenvalue weighted by atomic mass is 32.2. The quantitative estimate of drug-likeness (QED) is 0.497. The third kappa shape index (κ3) is 8.00. The van der Waals surface area contributed by atoms with E-state index < -0.39 is 5.97 Å². The molecule has 104 valence electrons. The normalized spacial score (nSPS) is 10.2. The minimum Gasteiger partial charge on any atom is -0.481 e. The van der Waals surface area contributed by atoms with Crippen molar-refractivity contribution in [1.82, 2.24) is 10.2 Å². The summed E-state index contributed by atoms with van der Waals surface area (Å²) < 4.78 is 0. The molecule has 6 heteroatoms. The number of carboxylic acids is 1. The molecule has 0 atom stereocenters. The number of carbonyl (C=O) groups is 2. The minimum absolute atomic E-state index is 0.00909. The van der Waals surface area contributed by atoms with Gasteiger partial charge in [-0.2, -0.15) is 11.8 Å². The van der Waals surface area contributed by atoms with Crippen LogP contribution in [-0.2, 0) is 4.79 Å². The van der Waals surface area contributed by atoms with E-state index in [4.69, 9.17) is 5.11 Å².